The molecule has 0 aliphatic heterocycles. The summed E-state index contributed by atoms with van der Waals surface area (Å²) in [6.07, 6.45) is 2.86. The molecule has 0 fully saturated rings. The number of halogens is 1. The van der Waals surface area contributed by atoms with Gasteiger partial charge in [0.2, 0.25) is 0 Å². The molecular formula is C10H6BrN. The summed E-state index contributed by atoms with van der Waals surface area (Å²) in [4.78, 5) is 0. The average molecular weight is 220 g/mol. The molecule has 0 aromatic heterocycles. The van der Waals surface area contributed by atoms with Crippen molar-refractivity contribution >= 4 is 21.5 Å². The number of allylic oxidation sites excluding steroid dienone is 2. The highest BCUT2D eigenvalue weighted by molar-refractivity contribution is 9.10. The standard InChI is InChI=1S/C10H6BrN/c11-9-3-4-10-7(5-9)1-2-8(10)6-12/h2-5H,1H2. The molecule has 1 aromatic rings. The molecule has 0 N–H and O–H groups in total. The summed E-state index contributed by atoms with van der Waals surface area (Å²) in [6, 6.07) is 8.21. The normalized spacial score (nSPS) is 13.5. The minimum absolute atomic E-state index is 0.803. The van der Waals surface area contributed by atoms with E-state index in [1.54, 1.807) is 0 Å². The van der Waals surface area contributed by atoms with Crippen LogP contribution < -0.4 is 0 Å². The van der Waals surface area contributed by atoms with Crippen LogP contribution in [0.4, 0.5) is 0 Å². The highest BCUT2D eigenvalue weighted by Gasteiger charge is 2.12. The van der Waals surface area contributed by atoms with Crippen LogP contribution in [0.3, 0.4) is 0 Å². The number of hydrogen-bond acceptors (Lipinski definition) is 1. The lowest BCUT2D eigenvalue weighted by atomic mass is 10.1. The molecule has 1 aliphatic carbocycles. The van der Waals surface area contributed by atoms with Gasteiger partial charge >= 0.3 is 0 Å². The van der Waals surface area contributed by atoms with Crippen LogP contribution in [0.1, 0.15) is 11.1 Å². The van der Waals surface area contributed by atoms with Crippen molar-refractivity contribution in [1.29, 1.82) is 5.26 Å². The fourth-order valence-electron chi connectivity index (χ4n) is 1.42. The Kier molecular flexibility index (Phi) is 1.74. The van der Waals surface area contributed by atoms with Gasteiger partial charge in [0.25, 0.3) is 0 Å². The van der Waals surface area contributed by atoms with Gasteiger partial charge in [0, 0.05) is 4.47 Å². The van der Waals surface area contributed by atoms with E-state index in [1.807, 2.05) is 18.2 Å². The van der Waals surface area contributed by atoms with Crippen molar-refractivity contribution in [3.63, 3.8) is 0 Å². The Balaban J connectivity index is 2.56. The fraction of sp³-hybridized carbons (Fsp3) is 0.100. The first-order valence-electron chi connectivity index (χ1n) is 3.70. The van der Waals surface area contributed by atoms with E-state index in [4.69, 9.17) is 5.26 Å². The number of rotatable bonds is 0. The maximum atomic E-state index is 8.75. The molecule has 12 heavy (non-hydrogen) atoms. The van der Waals surface area contributed by atoms with Crippen molar-refractivity contribution in [3.05, 3.63) is 39.9 Å². The van der Waals surface area contributed by atoms with Crippen molar-refractivity contribution in [2.45, 2.75) is 6.42 Å². The van der Waals surface area contributed by atoms with E-state index in [0.29, 0.717) is 0 Å². The number of hydrogen-bond donors (Lipinski definition) is 0. The van der Waals surface area contributed by atoms with E-state index < -0.39 is 0 Å². The molecule has 0 bridgehead atoms. The van der Waals surface area contributed by atoms with Crippen molar-refractivity contribution in [1.82, 2.24) is 0 Å². The summed E-state index contributed by atoms with van der Waals surface area (Å²) in [5, 5.41) is 8.75. The van der Waals surface area contributed by atoms with E-state index in [0.717, 1.165) is 22.0 Å². The van der Waals surface area contributed by atoms with Gasteiger partial charge in [-0.1, -0.05) is 28.1 Å². The molecule has 0 radical (unpaired) electrons. The van der Waals surface area contributed by atoms with Gasteiger partial charge in [-0.05, 0) is 29.7 Å². The maximum absolute atomic E-state index is 8.75. The second kappa shape index (κ2) is 2.76. The molecular weight excluding hydrogens is 214 g/mol. The van der Waals surface area contributed by atoms with Crippen LogP contribution in [-0.4, -0.2) is 0 Å². The fourth-order valence-corrected chi connectivity index (χ4v) is 1.83. The van der Waals surface area contributed by atoms with Gasteiger partial charge in [-0.15, -0.1) is 0 Å². The van der Waals surface area contributed by atoms with Crippen LogP contribution in [0.5, 0.6) is 0 Å². The Labute approximate surface area is 79.5 Å². The summed E-state index contributed by atoms with van der Waals surface area (Å²) in [5.41, 5.74) is 3.12. The number of nitrogens with zero attached hydrogens (tertiary/aromatic N) is 1. The molecule has 0 amide bonds. The molecule has 1 nitrogen and oxygen atoms in total. The van der Waals surface area contributed by atoms with E-state index in [-0.39, 0.29) is 0 Å². The quantitative estimate of drug-likeness (QED) is 0.659. The molecule has 0 heterocycles. The summed E-state index contributed by atoms with van der Waals surface area (Å²) >= 11 is 3.40. The number of fused-ring (bicyclic) bond motifs is 1. The van der Waals surface area contributed by atoms with Crippen LogP contribution in [0.25, 0.3) is 5.57 Å². The Morgan fingerprint density at radius 2 is 2.25 bits per heavy atom. The largest absolute Gasteiger partial charge is 0.192 e. The van der Waals surface area contributed by atoms with Gasteiger partial charge in [-0.3, -0.25) is 0 Å². The smallest absolute Gasteiger partial charge is 0.0994 e. The van der Waals surface area contributed by atoms with E-state index >= 15 is 0 Å². The summed E-state index contributed by atoms with van der Waals surface area (Å²) in [5.74, 6) is 0. The van der Waals surface area contributed by atoms with Gasteiger partial charge in [-0.25, -0.2) is 0 Å². The monoisotopic (exact) mass is 219 g/mol. The molecule has 0 atom stereocenters. The highest BCUT2D eigenvalue weighted by Crippen LogP contribution is 2.28. The predicted octanol–water partition coefficient (Wildman–Crippen LogP) is 2.91. The zero-order valence-electron chi connectivity index (χ0n) is 6.34. The lowest BCUT2D eigenvalue weighted by molar-refractivity contribution is 1.30. The third-order valence-corrected chi connectivity index (χ3v) is 2.50. The Morgan fingerprint density at radius 1 is 1.42 bits per heavy atom. The zero-order chi connectivity index (χ0) is 8.55. The van der Waals surface area contributed by atoms with E-state index in [2.05, 4.69) is 28.1 Å². The first-order valence-corrected chi connectivity index (χ1v) is 4.49. The Bertz CT molecular complexity index is 399. The topological polar surface area (TPSA) is 23.8 Å². The summed E-state index contributed by atoms with van der Waals surface area (Å²) < 4.78 is 1.08. The van der Waals surface area contributed by atoms with Crippen molar-refractivity contribution in [2.24, 2.45) is 0 Å². The molecule has 1 aromatic carbocycles. The number of nitriles is 1. The second-order valence-corrected chi connectivity index (χ2v) is 3.65. The van der Waals surface area contributed by atoms with Gasteiger partial charge in [-0.2, -0.15) is 5.26 Å². The van der Waals surface area contributed by atoms with Gasteiger partial charge in [0.15, 0.2) is 0 Å². The van der Waals surface area contributed by atoms with Crippen LogP contribution >= 0.6 is 15.9 Å². The first-order chi connectivity index (χ1) is 5.81. The maximum Gasteiger partial charge on any atom is 0.0994 e. The van der Waals surface area contributed by atoms with Crippen molar-refractivity contribution in [3.8, 4) is 6.07 Å². The van der Waals surface area contributed by atoms with Crippen molar-refractivity contribution in [2.75, 3.05) is 0 Å². The van der Waals surface area contributed by atoms with Crippen LogP contribution in [0.2, 0.25) is 0 Å². The first kappa shape index (κ1) is 7.57. The SMILES string of the molecule is N#CC1=CCc2cc(Br)ccc21. The van der Waals surface area contributed by atoms with Gasteiger partial charge < -0.3 is 0 Å². The third-order valence-electron chi connectivity index (χ3n) is 2.00. The molecule has 1 aliphatic rings. The predicted molar refractivity (Wildman–Crippen MR) is 51.4 cm³/mol. The lowest BCUT2D eigenvalue weighted by Gasteiger charge is -1.99. The molecule has 0 unspecified atom stereocenters. The average Bonchev–Trinajstić information content (AvgIpc) is 2.46. The summed E-state index contributed by atoms with van der Waals surface area (Å²) in [6.45, 7) is 0. The number of benzene rings is 1. The van der Waals surface area contributed by atoms with E-state index in [1.165, 1.54) is 5.56 Å². The van der Waals surface area contributed by atoms with Gasteiger partial charge in [0.1, 0.15) is 0 Å². The highest BCUT2D eigenvalue weighted by atomic mass is 79.9. The molecule has 2 rings (SSSR count). The molecule has 2 heteroatoms. The molecule has 0 saturated heterocycles. The van der Waals surface area contributed by atoms with Crippen molar-refractivity contribution < 1.29 is 0 Å². The molecule has 58 valence electrons. The Hall–Kier alpha value is -1.07. The zero-order valence-corrected chi connectivity index (χ0v) is 7.93. The minimum atomic E-state index is 0.803. The van der Waals surface area contributed by atoms with Crippen LogP contribution in [-0.2, 0) is 6.42 Å². The van der Waals surface area contributed by atoms with Crippen LogP contribution in [0, 0.1) is 11.3 Å². The lowest BCUT2D eigenvalue weighted by Crippen LogP contribution is -1.82. The molecule has 0 saturated carbocycles. The van der Waals surface area contributed by atoms with Gasteiger partial charge in [0.05, 0.1) is 11.6 Å². The molecule has 0 spiro atoms. The summed E-state index contributed by atoms with van der Waals surface area (Å²) in [7, 11) is 0. The van der Waals surface area contributed by atoms with E-state index in [9.17, 15) is 0 Å². The Morgan fingerprint density at radius 3 is 3.00 bits per heavy atom. The minimum Gasteiger partial charge on any atom is -0.192 e. The van der Waals surface area contributed by atoms with Crippen LogP contribution in [0.15, 0.2) is 28.7 Å². The third kappa shape index (κ3) is 1.07. The second-order valence-electron chi connectivity index (χ2n) is 2.74.